The molecule has 0 aromatic heterocycles. The molecule has 0 saturated heterocycles. The van der Waals surface area contributed by atoms with Crippen molar-refractivity contribution in [2.45, 2.75) is 36.1 Å². The Kier molecular flexibility index (Phi) is 4.59. The van der Waals surface area contributed by atoms with Gasteiger partial charge in [0.25, 0.3) is 0 Å². The summed E-state index contributed by atoms with van der Waals surface area (Å²) in [5.41, 5.74) is 0. The van der Waals surface area contributed by atoms with Crippen molar-refractivity contribution >= 4 is 26.8 Å². The summed E-state index contributed by atoms with van der Waals surface area (Å²) in [5.74, 6) is 0. The van der Waals surface area contributed by atoms with Crippen LogP contribution in [0.1, 0.15) is 32.1 Å². The predicted octanol–water partition coefficient (Wildman–Crippen LogP) is 3.63. The van der Waals surface area contributed by atoms with E-state index in [1.807, 2.05) is 0 Å². The molecular formula is C18H21Te+. The summed E-state index contributed by atoms with van der Waals surface area (Å²) in [7, 11) is 0. The van der Waals surface area contributed by atoms with Crippen LogP contribution >= 0.6 is 0 Å². The Labute approximate surface area is 123 Å². The first-order valence-corrected chi connectivity index (χ1v) is 11.0. The fourth-order valence-corrected chi connectivity index (χ4v) is 10.8. The van der Waals surface area contributed by atoms with E-state index in [2.05, 4.69) is 60.7 Å². The van der Waals surface area contributed by atoms with Gasteiger partial charge in [-0.05, 0) is 0 Å². The SMILES string of the molecule is c1ccc([Te+](c2ccccc2)C2CCCCC2)cc1. The van der Waals surface area contributed by atoms with E-state index in [1.54, 1.807) is 7.22 Å². The van der Waals surface area contributed by atoms with Gasteiger partial charge in [0.2, 0.25) is 0 Å². The maximum atomic E-state index is 2.37. The van der Waals surface area contributed by atoms with Gasteiger partial charge in [-0.2, -0.15) is 0 Å². The van der Waals surface area contributed by atoms with Crippen LogP contribution in [0.5, 0.6) is 0 Å². The summed E-state index contributed by atoms with van der Waals surface area (Å²) in [6.07, 6.45) is 7.26. The van der Waals surface area contributed by atoms with Crippen LogP contribution in [0.2, 0.25) is 3.97 Å². The van der Waals surface area contributed by atoms with Crippen molar-refractivity contribution in [3.63, 3.8) is 0 Å². The van der Waals surface area contributed by atoms with Gasteiger partial charge in [0.15, 0.2) is 0 Å². The van der Waals surface area contributed by atoms with E-state index >= 15 is 0 Å². The third kappa shape index (κ3) is 3.22. The molecule has 0 aliphatic heterocycles. The van der Waals surface area contributed by atoms with Crippen molar-refractivity contribution in [3.05, 3.63) is 60.7 Å². The third-order valence-corrected chi connectivity index (χ3v) is 11.6. The van der Waals surface area contributed by atoms with Crippen LogP contribution in [0, 0.1) is 0 Å². The molecule has 1 heteroatoms. The zero-order valence-electron chi connectivity index (χ0n) is 11.3. The minimum atomic E-state index is -1.39. The molecule has 19 heavy (non-hydrogen) atoms. The fraction of sp³-hybridized carbons (Fsp3) is 0.333. The van der Waals surface area contributed by atoms with Gasteiger partial charge in [-0.3, -0.25) is 0 Å². The standard InChI is InChI=1S/C18H21Te/c1-4-10-16(11-5-1)19(17-12-6-2-7-13-17)18-14-8-3-9-15-18/h1-2,4-7,10-13,18H,3,8-9,14-15H2/q+1. The summed E-state index contributed by atoms with van der Waals surface area (Å²) < 4.78 is 4.30. The average Bonchev–Trinajstić information content (AvgIpc) is 2.51. The van der Waals surface area contributed by atoms with Gasteiger partial charge in [-0.15, -0.1) is 0 Å². The van der Waals surface area contributed by atoms with E-state index in [0.717, 1.165) is 3.97 Å². The summed E-state index contributed by atoms with van der Waals surface area (Å²) in [5, 5.41) is 0. The molecule has 0 radical (unpaired) electrons. The molecule has 0 atom stereocenters. The first kappa shape index (κ1) is 13.2. The molecule has 3 rings (SSSR count). The van der Waals surface area contributed by atoms with Crippen molar-refractivity contribution in [2.75, 3.05) is 0 Å². The van der Waals surface area contributed by atoms with Gasteiger partial charge in [-0.1, -0.05) is 0 Å². The van der Waals surface area contributed by atoms with Crippen molar-refractivity contribution < 1.29 is 0 Å². The Bertz CT molecular complexity index is 446. The monoisotopic (exact) mass is 367 g/mol. The Morgan fingerprint density at radius 1 is 0.632 bits per heavy atom. The fourth-order valence-electron chi connectivity index (χ4n) is 2.96. The Hall–Kier alpha value is -0.770. The van der Waals surface area contributed by atoms with Gasteiger partial charge in [-0.25, -0.2) is 0 Å². The predicted molar refractivity (Wildman–Crippen MR) is 84.7 cm³/mol. The molecule has 1 saturated carbocycles. The van der Waals surface area contributed by atoms with Gasteiger partial charge in [0.05, 0.1) is 0 Å². The van der Waals surface area contributed by atoms with Gasteiger partial charge >= 0.3 is 124 Å². The molecule has 2 aromatic carbocycles. The Balaban J connectivity index is 1.96. The van der Waals surface area contributed by atoms with E-state index in [9.17, 15) is 0 Å². The van der Waals surface area contributed by atoms with Gasteiger partial charge < -0.3 is 0 Å². The summed E-state index contributed by atoms with van der Waals surface area (Å²) >= 11 is -1.39. The molecule has 1 fully saturated rings. The zero-order chi connectivity index (χ0) is 12.9. The topological polar surface area (TPSA) is 0 Å². The first-order chi connectivity index (χ1) is 9.45. The van der Waals surface area contributed by atoms with Crippen LogP contribution < -0.4 is 7.22 Å². The van der Waals surface area contributed by atoms with Crippen LogP contribution in [0.4, 0.5) is 0 Å². The van der Waals surface area contributed by atoms with Crippen molar-refractivity contribution in [3.8, 4) is 0 Å². The molecule has 0 N–H and O–H groups in total. The van der Waals surface area contributed by atoms with E-state index < -0.39 is 19.6 Å². The Morgan fingerprint density at radius 3 is 1.58 bits per heavy atom. The molecule has 1 aliphatic carbocycles. The number of hydrogen-bond donors (Lipinski definition) is 0. The molecule has 0 amide bonds. The quantitative estimate of drug-likeness (QED) is 0.729. The Morgan fingerprint density at radius 2 is 1.11 bits per heavy atom. The first-order valence-electron chi connectivity index (χ1n) is 7.28. The number of benzene rings is 2. The molecule has 98 valence electrons. The summed E-state index contributed by atoms with van der Waals surface area (Å²) in [6, 6.07) is 22.7. The minimum absolute atomic E-state index is 0.988. The van der Waals surface area contributed by atoms with Crippen LogP contribution in [-0.4, -0.2) is 19.6 Å². The van der Waals surface area contributed by atoms with Crippen molar-refractivity contribution in [1.29, 1.82) is 0 Å². The van der Waals surface area contributed by atoms with Crippen LogP contribution in [-0.2, 0) is 0 Å². The zero-order valence-corrected chi connectivity index (χ0v) is 13.6. The van der Waals surface area contributed by atoms with Crippen LogP contribution in [0.3, 0.4) is 0 Å². The molecule has 0 heterocycles. The van der Waals surface area contributed by atoms with Crippen molar-refractivity contribution in [1.82, 2.24) is 0 Å². The summed E-state index contributed by atoms with van der Waals surface area (Å²) in [4.78, 5) is 0. The number of rotatable bonds is 3. The third-order valence-electron chi connectivity index (χ3n) is 3.88. The van der Waals surface area contributed by atoms with Crippen LogP contribution in [0.25, 0.3) is 0 Å². The average molecular weight is 365 g/mol. The van der Waals surface area contributed by atoms with Crippen LogP contribution in [0.15, 0.2) is 60.7 Å². The number of hydrogen-bond acceptors (Lipinski definition) is 0. The second kappa shape index (κ2) is 6.60. The molecule has 1 aliphatic rings. The second-order valence-electron chi connectivity index (χ2n) is 5.22. The van der Waals surface area contributed by atoms with Crippen molar-refractivity contribution in [2.24, 2.45) is 0 Å². The molecular weight excluding hydrogens is 344 g/mol. The van der Waals surface area contributed by atoms with E-state index in [4.69, 9.17) is 0 Å². The van der Waals surface area contributed by atoms with Gasteiger partial charge in [0, 0.05) is 0 Å². The second-order valence-corrected chi connectivity index (χ2v) is 11.7. The van der Waals surface area contributed by atoms with E-state index in [-0.39, 0.29) is 0 Å². The van der Waals surface area contributed by atoms with E-state index in [1.165, 1.54) is 32.1 Å². The normalized spacial score (nSPS) is 16.7. The molecule has 2 aromatic rings. The molecule has 0 nitrogen and oxygen atoms in total. The van der Waals surface area contributed by atoms with E-state index in [0.29, 0.717) is 0 Å². The molecule has 0 bridgehead atoms. The van der Waals surface area contributed by atoms with Gasteiger partial charge in [0.1, 0.15) is 0 Å². The molecule has 0 unspecified atom stereocenters. The summed E-state index contributed by atoms with van der Waals surface area (Å²) in [6.45, 7) is 0. The maximum absolute atomic E-state index is 2.37. The molecule has 0 spiro atoms.